The fourth-order valence-electron chi connectivity index (χ4n) is 21.5. The number of anilines is 4. The average Bonchev–Trinajstić information content (AvgIpc) is 1.66. The Morgan fingerprint density at radius 2 is 0.489 bits per heavy atom. The number of hydrogen-bond acceptors (Lipinski definition) is 14. The molecule has 21 heteroatoms. The summed E-state index contributed by atoms with van der Waals surface area (Å²) < 4.78 is 71.2. The predicted octanol–water partition coefficient (Wildman–Crippen LogP) is 21.9. The highest BCUT2D eigenvalue weighted by atomic mass is 32.2. The maximum absolute atomic E-state index is 15.8. The lowest BCUT2D eigenvalue weighted by Gasteiger charge is -2.33. The molecule has 24 rings (SSSR count). The molecule has 3 N–H and O–H groups in total. The van der Waals surface area contributed by atoms with Gasteiger partial charge in [0, 0.05) is 89.7 Å². The van der Waals surface area contributed by atoms with Gasteiger partial charge in [0.1, 0.15) is 9.79 Å². The van der Waals surface area contributed by atoms with Crippen LogP contribution in [-0.4, -0.2) is 68.6 Å². The zero-order valence-electron chi connectivity index (χ0n) is 71.0. The summed E-state index contributed by atoms with van der Waals surface area (Å²) in [5.74, 6) is -2.69. The fourth-order valence-corrected chi connectivity index (χ4v) is 23.0. The van der Waals surface area contributed by atoms with Gasteiger partial charge in [0.05, 0.1) is 22.7 Å². The van der Waals surface area contributed by atoms with Gasteiger partial charge in [-0.15, -0.1) is 0 Å². The standard InChI is InChI=1S/C114H69N5O14S2/c115-133-135(131,132)98-62-78(117-109(122)87-45-49-91-106-92(50-46-88(104(87)106)110(117)123)114(127)119(113(91)126)80-55-75(101-83-35-19-15-31-71(83)59-95(101)65-25-9-3-10-26-65)52-76(56-80)102-84-36-20-16-32-72(84)60-96(102)66-27-11-4-12-28-66)42-40-68(98)38-37-67-39-41-77(61-97(67)134(128,129)130)116-107(120)85-43-47-89-105-90(48-44-86(103(85)105)108(116)121)112(125)118(111(89)124)79-53-73(99-81-33-17-13-29-69(81)57-93(99)63-21-5-1-6-22-63)51-74(54-79)100-82-34-18-14-30-70(82)58-94(100)64-23-7-2-8-24-64/h1-62,99-102H,115H2,(H,128,129,130)/b38-37+. The number of rotatable bonds is 17. The molecule has 4 heterocycles. The monoisotopic (exact) mass is 1800 g/mol. The summed E-state index contributed by atoms with van der Waals surface area (Å²) in [4.78, 5) is 126. The van der Waals surface area contributed by atoms with E-state index in [4.69, 9.17) is 5.90 Å². The van der Waals surface area contributed by atoms with Crippen LogP contribution in [-0.2, 0) is 24.5 Å². The molecule has 8 amide bonds. The third kappa shape index (κ3) is 12.7. The molecular weight excluding hydrogens is 1730 g/mol. The summed E-state index contributed by atoms with van der Waals surface area (Å²) in [7, 11) is -10.4. The number of carbonyl (C=O) groups is 8. The highest BCUT2D eigenvalue weighted by molar-refractivity contribution is 7.86. The number of fused-ring (bicyclic) bond motifs is 4. The van der Waals surface area contributed by atoms with Gasteiger partial charge in [0.15, 0.2) is 0 Å². The number of carbonyl (C=O) groups excluding carboxylic acids is 8. The number of nitrogens with zero attached hydrogens (tertiary/aromatic N) is 4. The maximum atomic E-state index is 15.8. The van der Waals surface area contributed by atoms with Crippen molar-refractivity contribution in [2.45, 2.75) is 33.5 Å². The van der Waals surface area contributed by atoms with Gasteiger partial charge in [-0.1, -0.05) is 255 Å². The second kappa shape index (κ2) is 30.9. The van der Waals surface area contributed by atoms with E-state index < -0.39 is 77.3 Å². The molecule has 0 bridgehead atoms. The van der Waals surface area contributed by atoms with E-state index in [0.29, 0.717) is 4.90 Å². The van der Waals surface area contributed by atoms with E-state index in [-0.39, 0.29) is 124 Å². The molecule has 646 valence electrons. The predicted molar refractivity (Wildman–Crippen MR) is 520 cm³/mol. The molecule has 16 aromatic carbocycles. The minimum absolute atomic E-state index is 0.0135. The number of amides is 8. The van der Waals surface area contributed by atoms with Gasteiger partial charge in [0.2, 0.25) is 0 Å². The second-order valence-corrected chi connectivity index (χ2v) is 37.5. The van der Waals surface area contributed by atoms with Gasteiger partial charge >= 0.3 is 10.1 Å². The van der Waals surface area contributed by atoms with Crippen LogP contribution < -0.4 is 25.5 Å². The molecule has 4 aliphatic heterocycles. The summed E-state index contributed by atoms with van der Waals surface area (Å²) in [6.07, 6.45) is 10.9. The van der Waals surface area contributed by atoms with Crippen LogP contribution in [0.3, 0.4) is 0 Å². The molecule has 0 radical (unpaired) electrons. The Bertz CT molecular complexity index is 8170. The van der Waals surface area contributed by atoms with Crippen LogP contribution in [0.1, 0.15) is 207 Å². The molecule has 4 aliphatic carbocycles. The van der Waals surface area contributed by atoms with Gasteiger partial charge in [0.25, 0.3) is 57.4 Å². The van der Waals surface area contributed by atoms with Crippen LogP contribution >= 0.6 is 0 Å². The molecule has 8 aliphatic rings. The van der Waals surface area contributed by atoms with E-state index in [1.54, 1.807) is 0 Å². The minimum atomic E-state index is -5.32. The van der Waals surface area contributed by atoms with Gasteiger partial charge in [-0.25, -0.2) is 19.6 Å². The molecular formula is C114H69N5O14S2. The summed E-state index contributed by atoms with van der Waals surface area (Å²) >= 11 is 0. The van der Waals surface area contributed by atoms with Crippen molar-refractivity contribution in [2.24, 2.45) is 5.90 Å². The van der Waals surface area contributed by atoms with Gasteiger partial charge in [-0.2, -0.15) is 27.0 Å². The van der Waals surface area contributed by atoms with Crippen molar-refractivity contribution in [1.82, 2.24) is 0 Å². The normalized spacial score (nSPS) is 17.3. The van der Waals surface area contributed by atoms with Crippen molar-refractivity contribution in [3.8, 4) is 0 Å². The Balaban J connectivity index is 0.536. The first-order valence-electron chi connectivity index (χ1n) is 43.7. The molecule has 0 saturated carbocycles. The van der Waals surface area contributed by atoms with E-state index in [1.165, 1.54) is 66.7 Å². The van der Waals surface area contributed by atoms with Crippen molar-refractivity contribution in [1.29, 1.82) is 0 Å². The number of allylic oxidation sites excluding steroid dienone is 4. The van der Waals surface area contributed by atoms with E-state index in [9.17, 15) is 21.4 Å². The fraction of sp³-hybridized carbons (Fsp3) is 0.0351. The van der Waals surface area contributed by atoms with Crippen LogP contribution in [0.4, 0.5) is 22.7 Å². The Hall–Kier alpha value is -16.9. The molecule has 0 spiro atoms. The Morgan fingerprint density at radius 1 is 0.259 bits per heavy atom. The van der Waals surface area contributed by atoms with Crippen molar-refractivity contribution in [3.63, 3.8) is 0 Å². The molecule has 4 atom stereocenters. The number of hydrogen-bond donors (Lipinski definition) is 2. The first-order valence-corrected chi connectivity index (χ1v) is 46.5. The van der Waals surface area contributed by atoms with Crippen LogP contribution in [0.2, 0.25) is 0 Å². The zero-order valence-corrected chi connectivity index (χ0v) is 72.7. The van der Waals surface area contributed by atoms with Crippen molar-refractivity contribution in [3.05, 3.63) is 484 Å². The van der Waals surface area contributed by atoms with Gasteiger partial charge in [-0.05, 0) is 244 Å². The van der Waals surface area contributed by atoms with Crippen LogP contribution in [0.15, 0.2) is 350 Å². The molecule has 4 unspecified atom stereocenters. The SMILES string of the molecule is NOS(=O)(=O)c1cc(N2C(=O)c3ccc4c5c(ccc(c35)C2=O)C(=O)N(c2cc(C3C(c5ccccc5)=Cc5ccccc53)cc(C3C(c5ccccc5)=Cc5ccccc53)c2)C4=O)ccc1/C=C/c1ccc(N2C(=O)c3ccc4c5c(ccc(c35)C2=O)C(=O)N(c2cc(C3C(c5ccccc5)=Cc5ccccc53)cc(C3C(c5ccccc5)=Cc5ccccc53)c2)C4=O)cc1S(=O)(=O)O. The van der Waals surface area contributed by atoms with Gasteiger partial charge < -0.3 is 0 Å². The van der Waals surface area contributed by atoms with E-state index in [2.05, 4.69) is 138 Å². The van der Waals surface area contributed by atoms with Crippen LogP contribution in [0.25, 0.3) is 80.3 Å². The highest BCUT2D eigenvalue weighted by Crippen LogP contribution is 2.56. The number of imide groups is 4. The van der Waals surface area contributed by atoms with Crippen molar-refractivity contribution >= 4 is 171 Å². The lowest BCUT2D eigenvalue weighted by Crippen LogP contribution is -2.43. The largest absolute Gasteiger partial charge is 0.313 e. The summed E-state index contributed by atoms with van der Waals surface area (Å²) in [5, 5.41) is 0.153. The Morgan fingerprint density at radius 3 is 0.741 bits per heavy atom. The molecule has 0 aromatic heterocycles. The third-order valence-electron chi connectivity index (χ3n) is 27.3. The molecule has 135 heavy (non-hydrogen) atoms. The van der Waals surface area contributed by atoms with Crippen molar-refractivity contribution < 1.29 is 64.0 Å². The minimum Gasteiger partial charge on any atom is -0.282 e. The van der Waals surface area contributed by atoms with Gasteiger partial charge in [-0.3, -0.25) is 42.9 Å². The summed E-state index contributed by atoms with van der Waals surface area (Å²) in [5.41, 5.74) is 18.6. The molecule has 16 aromatic rings. The Kier molecular flexibility index (Phi) is 18.6. The maximum Gasteiger partial charge on any atom is 0.313 e. The number of nitrogens with two attached hydrogens (primary N) is 1. The van der Waals surface area contributed by atoms with Crippen LogP contribution in [0.5, 0.6) is 0 Å². The third-order valence-corrected chi connectivity index (χ3v) is 29.4. The zero-order chi connectivity index (χ0) is 91.9. The number of benzene rings is 16. The van der Waals surface area contributed by atoms with E-state index >= 15 is 38.4 Å². The first-order chi connectivity index (χ1) is 65.6. The lowest BCUT2D eigenvalue weighted by atomic mass is 9.80. The Labute approximate surface area is 772 Å². The molecule has 0 saturated heterocycles. The first kappa shape index (κ1) is 81.3. The highest BCUT2D eigenvalue weighted by Gasteiger charge is 2.47. The quantitative estimate of drug-likeness (QED) is 0.0371. The topological polar surface area (TPSA) is 273 Å². The average molecular weight is 1800 g/mol. The second-order valence-electron chi connectivity index (χ2n) is 34.6. The van der Waals surface area contributed by atoms with E-state index in [0.717, 1.165) is 156 Å². The lowest BCUT2D eigenvalue weighted by molar-refractivity contribution is 0.0873. The van der Waals surface area contributed by atoms with Crippen molar-refractivity contribution in [2.75, 3.05) is 19.6 Å². The summed E-state index contributed by atoms with van der Waals surface area (Å²) in [6, 6.07) is 103. The van der Waals surface area contributed by atoms with Crippen LogP contribution in [0, 0.1) is 0 Å². The smallest absolute Gasteiger partial charge is 0.282 e. The van der Waals surface area contributed by atoms with E-state index in [1.807, 2.05) is 146 Å². The molecule has 0 fully saturated rings. The summed E-state index contributed by atoms with van der Waals surface area (Å²) in [6.45, 7) is 0. The molecule has 19 nitrogen and oxygen atoms in total.